The summed E-state index contributed by atoms with van der Waals surface area (Å²) in [6, 6.07) is 19.3. The van der Waals surface area contributed by atoms with Gasteiger partial charge in [0.25, 0.3) is 0 Å². The van der Waals surface area contributed by atoms with E-state index < -0.39 is 0 Å². The minimum absolute atomic E-state index is 0.0297. The summed E-state index contributed by atoms with van der Waals surface area (Å²) < 4.78 is 5.41. The van der Waals surface area contributed by atoms with E-state index in [0.717, 1.165) is 30.8 Å². The Balaban J connectivity index is 1.52. The van der Waals surface area contributed by atoms with Gasteiger partial charge in [-0.1, -0.05) is 60.7 Å². The van der Waals surface area contributed by atoms with Crippen molar-refractivity contribution in [2.24, 2.45) is 0 Å². The van der Waals surface area contributed by atoms with E-state index in [-0.39, 0.29) is 30.8 Å². The summed E-state index contributed by atoms with van der Waals surface area (Å²) in [5, 5.41) is 5.77. The average Bonchev–Trinajstić information content (AvgIpc) is 2.74. The second-order valence-corrected chi connectivity index (χ2v) is 6.88. The molecule has 1 aliphatic heterocycles. The maximum Gasteiger partial charge on any atom is 0.239 e. The fourth-order valence-corrected chi connectivity index (χ4v) is 3.23. The molecule has 0 radical (unpaired) electrons. The highest BCUT2D eigenvalue weighted by atomic mass is 16.5. The van der Waals surface area contributed by atoms with Crippen LogP contribution in [0.25, 0.3) is 0 Å². The molecule has 0 spiro atoms. The van der Waals surface area contributed by atoms with E-state index in [2.05, 4.69) is 15.5 Å². The van der Waals surface area contributed by atoms with Gasteiger partial charge >= 0.3 is 0 Å². The van der Waals surface area contributed by atoms with Gasteiger partial charge in [-0.25, -0.2) is 0 Å². The first-order valence-corrected chi connectivity index (χ1v) is 9.66. The molecule has 0 aliphatic carbocycles. The van der Waals surface area contributed by atoms with Crippen molar-refractivity contribution in [3.63, 3.8) is 0 Å². The van der Waals surface area contributed by atoms with Gasteiger partial charge in [0, 0.05) is 19.6 Å². The molecule has 2 aromatic carbocycles. The van der Waals surface area contributed by atoms with Crippen LogP contribution in [0.4, 0.5) is 0 Å². The molecule has 2 aromatic rings. The summed E-state index contributed by atoms with van der Waals surface area (Å²) >= 11 is 0. The SMILES string of the molecule is O=C(Cc1ccccc1)NCC(=O)NC(CN1CCOCC1)c1ccccc1. The molecule has 0 aromatic heterocycles. The number of carbonyl (C=O) groups is 2. The van der Waals surface area contributed by atoms with Crippen LogP contribution in [0.3, 0.4) is 0 Å². The predicted octanol–water partition coefficient (Wildman–Crippen LogP) is 1.54. The number of ether oxygens (including phenoxy) is 1. The number of amides is 2. The monoisotopic (exact) mass is 381 g/mol. The largest absolute Gasteiger partial charge is 0.379 e. The highest BCUT2D eigenvalue weighted by Gasteiger charge is 2.20. The molecular formula is C22H27N3O3. The maximum absolute atomic E-state index is 12.5. The van der Waals surface area contributed by atoms with Crippen molar-refractivity contribution in [3.05, 3.63) is 71.8 Å². The molecule has 0 bridgehead atoms. The van der Waals surface area contributed by atoms with Gasteiger partial charge in [-0.05, 0) is 11.1 Å². The Hall–Kier alpha value is -2.70. The molecule has 2 amide bonds. The Morgan fingerprint density at radius 3 is 2.25 bits per heavy atom. The summed E-state index contributed by atoms with van der Waals surface area (Å²) in [7, 11) is 0. The first-order valence-electron chi connectivity index (χ1n) is 9.66. The van der Waals surface area contributed by atoms with Crippen LogP contribution < -0.4 is 10.6 Å². The third-order valence-electron chi connectivity index (χ3n) is 4.74. The van der Waals surface area contributed by atoms with Gasteiger partial charge in [0.15, 0.2) is 0 Å². The van der Waals surface area contributed by atoms with E-state index in [0.29, 0.717) is 13.2 Å². The second-order valence-electron chi connectivity index (χ2n) is 6.88. The molecule has 148 valence electrons. The van der Waals surface area contributed by atoms with Crippen molar-refractivity contribution < 1.29 is 14.3 Å². The van der Waals surface area contributed by atoms with Gasteiger partial charge in [-0.15, -0.1) is 0 Å². The topological polar surface area (TPSA) is 70.7 Å². The summed E-state index contributed by atoms with van der Waals surface area (Å²) in [6.45, 7) is 3.82. The zero-order valence-corrected chi connectivity index (χ0v) is 16.0. The molecule has 6 heteroatoms. The summed E-state index contributed by atoms with van der Waals surface area (Å²) in [5.74, 6) is -0.352. The van der Waals surface area contributed by atoms with Crippen LogP contribution in [-0.2, 0) is 20.7 Å². The molecule has 2 N–H and O–H groups in total. The minimum atomic E-state index is -0.191. The lowest BCUT2D eigenvalue weighted by atomic mass is 10.1. The molecule has 1 saturated heterocycles. The van der Waals surface area contributed by atoms with E-state index in [1.807, 2.05) is 60.7 Å². The van der Waals surface area contributed by atoms with Crippen molar-refractivity contribution in [2.45, 2.75) is 12.5 Å². The fourth-order valence-electron chi connectivity index (χ4n) is 3.23. The van der Waals surface area contributed by atoms with Crippen LogP contribution in [0.2, 0.25) is 0 Å². The van der Waals surface area contributed by atoms with Crippen LogP contribution in [0.5, 0.6) is 0 Å². The van der Waals surface area contributed by atoms with Crippen LogP contribution in [0.15, 0.2) is 60.7 Å². The Morgan fingerprint density at radius 2 is 1.57 bits per heavy atom. The Labute approximate surface area is 165 Å². The third kappa shape index (κ3) is 6.48. The number of nitrogens with one attached hydrogen (secondary N) is 2. The molecule has 3 rings (SSSR count). The fraction of sp³-hybridized carbons (Fsp3) is 0.364. The standard InChI is InChI=1S/C22H27N3O3/c26-21(15-18-7-3-1-4-8-18)23-16-22(27)24-20(19-9-5-2-6-10-19)17-25-11-13-28-14-12-25/h1-10,20H,11-17H2,(H,23,26)(H,24,27). The van der Waals surface area contributed by atoms with Gasteiger partial charge < -0.3 is 15.4 Å². The summed E-state index contributed by atoms with van der Waals surface area (Å²) in [4.78, 5) is 26.8. The number of benzene rings is 2. The number of hydrogen-bond acceptors (Lipinski definition) is 4. The molecule has 1 aliphatic rings. The molecule has 1 unspecified atom stereocenters. The Bertz CT molecular complexity index is 746. The summed E-state index contributed by atoms with van der Waals surface area (Å²) in [5.41, 5.74) is 1.98. The van der Waals surface area contributed by atoms with Gasteiger partial charge in [-0.3, -0.25) is 14.5 Å². The molecule has 28 heavy (non-hydrogen) atoms. The number of rotatable bonds is 8. The first kappa shape index (κ1) is 20.0. The zero-order valence-electron chi connectivity index (χ0n) is 16.0. The van der Waals surface area contributed by atoms with Gasteiger partial charge in [0.2, 0.25) is 11.8 Å². The van der Waals surface area contributed by atoms with Crippen molar-refractivity contribution in [3.8, 4) is 0 Å². The van der Waals surface area contributed by atoms with E-state index in [4.69, 9.17) is 4.74 Å². The second kappa shape index (κ2) is 10.6. The van der Waals surface area contributed by atoms with E-state index >= 15 is 0 Å². The van der Waals surface area contributed by atoms with Crippen LogP contribution in [0.1, 0.15) is 17.2 Å². The lowest BCUT2D eigenvalue weighted by Crippen LogP contribution is -2.45. The molecule has 1 fully saturated rings. The zero-order chi connectivity index (χ0) is 19.6. The number of hydrogen-bond donors (Lipinski definition) is 2. The first-order chi connectivity index (χ1) is 13.7. The molecule has 6 nitrogen and oxygen atoms in total. The molecular weight excluding hydrogens is 354 g/mol. The lowest BCUT2D eigenvalue weighted by Gasteiger charge is -2.31. The van der Waals surface area contributed by atoms with E-state index in [1.54, 1.807) is 0 Å². The predicted molar refractivity (Wildman–Crippen MR) is 108 cm³/mol. The van der Waals surface area contributed by atoms with Gasteiger partial charge in [-0.2, -0.15) is 0 Å². The Morgan fingerprint density at radius 1 is 0.929 bits per heavy atom. The molecule has 1 heterocycles. The van der Waals surface area contributed by atoms with Gasteiger partial charge in [0.1, 0.15) is 0 Å². The quantitative estimate of drug-likeness (QED) is 0.728. The lowest BCUT2D eigenvalue weighted by molar-refractivity contribution is -0.126. The Kier molecular flexibility index (Phi) is 7.58. The van der Waals surface area contributed by atoms with E-state index in [9.17, 15) is 9.59 Å². The highest BCUT2D eigenvalue weighted by Crippen LogP contribution is 2.15. The number of morpholine rings is 1. The molecule has 0 saturated carbocycles. The minimum Gasteiger partial charge on any atom is -0.379 e. The molecule has 1 atom stereocenters. The average molecular weight is 381 g/mol. The van der Waals surface area contributed by atoms with Gasteiger partial charge in [0.05, 0.1) is 32.2 Å². The maximum atomic E-state index is 12.5. The van der Waals surface area contributed by atoms with Crippen molar-refractivity contribution in [2.75, 3.05) is 39.4 Å². The van der Waals surface area contributed by atoms with Crippen LogP contribution in [-0.4, -0.2) is 56.1 Å². The number of carbonyl (C=O) groups excluding carboxylic acids is 2. The highest BCUT2D eigenvalue weighted by molar-refractivity contribution is 5.85. The summed E-state index contributed by atoms with van der Waals surface area (Å²) in [6.07, 6.45) is 0.268. The van der Waals surface area contributed by atoms with Crippen molar-refractivity contribution in [1.29, 1.82) is 0 Å². The number of nitrogens with zero attached hydrogens (tertiary/aromatic N) is 1. The normalized spacial score (nSPS) is 15.6. The smallest absolute Gasteiger partial charge is 0.239 e. The van der Waals surface area contributed by atoms with Crippen LogP contribution in [0, 0.1) is 0 Å². The van der Waals surface area contributed by atoms with Crippen molar-refractivity contribution >= 4 is 11.8 Å². The van der Waals surface area contributed by atoms with E-state index in [1.165, 1.54) is 0 Å². The van der Waals surface area contributed by atoms with Crippen LogP contribution >= 0.6 is 0 Å². The van der Waals surface area contributed by atoms with Crippen molar-refractivity contribution in [1.82, 2.24) is 15.5 Å². The third-order valence-corrected chi connectivity index (χ3v) is 4.74.